The first kappa shape index (κ1) is 24.1. The lowest BCUT2D eigenvalue weighted by molar-refractivity contribution is -0.139. The highest BCUT2D eigenvalue weighted by Gasteiger charge is 2.52. The molecule has 1 heterocycles. The molecule has 2 aromatic rings. The Hall–Kier alpha value is -2.52. The van der Waals surface area contributed by atoms with E-state index in [9.17, 15) is 19.8 Å². The lowest BCUT2D eigenvalue weighted by Gasteiger charge is -2.27. The number of hydrogen-bond acceptors (Lipinski definition) is 5. The van der Waals surface area contributed by atoms with Gasteiger partial charge in [0.15, 0.2) is 5.60 Å². The van der Waals surface area contributed by atoms with Crippen molar-refractivity contribution in [2.24, 2.45) is 5.92 Å². The number of anilines is 2. The van der Waals surface area contributed by atoms with Crippen LogP contribution < -0.4 is 10.2 Å². The molecule has 8 heteroatoms. The van der Waals surface area contributed by atoms with Gasteiger partial charge in [-0.1, -0.05) is 47.1 Å². The Balaban J connectivity index is 1.88. The molecule has 0 unspecified atom stereocenters. The normalized spacial score (nSPS) is 19.8. The molecule has 0 fully saturated rings. The van der Waals surface area contributed by atoms with Gasteiger partial charge in [0.2, 0.25) is 0 Å². The van der Waals surface area contributed by atoms with E-state index in [0.717, 1.165) is 10.0 Å². The summed E-state index contributed by atoms with van der Waals surface area (Å²) >= 11 is 3.43. The summed E-state index contributed by atoms with van der Waals surface area (Å²) in [5.41, 5.74) is 0.787. The minimum atomic E-state index is -1.73. The lowest BCUT2D eigenvalue weighted by atomic mass is 9.83. The number of carbonyl (C=O) groups excluding carboxylic acids is 2. The van der Waals surface area contributed by atoms with Crippen molar-refractivity contribution in [1.29, 1.82) is 0 Å². The van der Waals surface area contributed by atoms with Gasteiger partial charge in [-0.05, 0) is 49.2 Å². The molecule has 7 nitrogen and oxygen atoms in total. The minimum absolute atomic E-state index is 0.00246. The Kier molecular flexibility index (Phi) is 7.51. The zero-order chi connectivity index (χ0) is 23.5. The molecule has 2 aromatic carbocycles. The highest BCUT2D eigenvalue weighted by atomic mass is 79.9. The molecule has 0 spiro atoms. The first-order valence-corrected chi connectivity index (χ1v) is 11.2. The maximum atomic E-state index is 13.5. The summed E-state index contributed by atoms with van der Waals surface area (Å²) in [4.78, 5) is 26.7. The van der Waals surface area contributed by atoms with E-state index in [1.807, 2.05) is 6.07 Å². The lowest BCUT2D eigenvalue weighted by Crippen LogP contribution is -2.44. The molecular formula is C24H27BrN2O5. The predicted molar refractivity (Wildman–Crippen MR) is 126 cm³/mol. The second kappa shape index (κ2) is 9.95. The molecule has 170 valence electrons. The van der Waals surface area contributed by atoms with Gasteiger partial charge in [-0.3, -0.25) is 9.59 Å². The Labute approximate surface area is 195 Å². The van der Waals surface area contributed by atoms with Crippen LogP contribution in [-0.4, -0.2) is 39.8 Å². The molecule has 3 rings (SSSR count). The van der Waals surface area contributed by atoms with Gasteiger partial charge in [0.05, 0.1) is 12.2 Å². The van der Waals surface area contributed by atoms with Gasteiger partial charge in [0, 0.05) is 28.2 Å². The van der Waals surface area contributed by atoms with E-state index in [0.29, 0.717) is 23.4 Å². The van der Waals surface area contributed by atoms with Crippen molar-refractivity contribution in [1.82, 2.24) is 0 Å². The molecule has 0 radical (unpaired) electrons. The number of nitrogens with one attached hydrogen (secondary N) is 1. The van der Waals surface area contributed by atoms with E-state index >= 15 is 0 Å². The quantitative estimate of drug-likeness (QED) is 0.414. The third-order valence-corrected chi connectivity index (χ3v) is 6.05. The Morgan fingerprint density at radius 1 is 1.22 bits per heavy atom. The van der Waals surface area contributed by atoms with Crippen LogP contribution in [0.25, 0.3) is 0 Å². The molecule has 0 bridgehead atoms. The molecule has 0 aromatic heterocycles. The number of hydrogen-bond donors (Lipinski definition) is 4. The molecule has 1 aliphatic rings. The van der Waals surface area contributed by atoms with E-state index < -0.39 is 29.4 Å². The van der Waals surface area contributed by atoms with Gasteiger partial charge in [-0.15, -0.1) is 0 Å². The van der Waals surface area contributed by atoms with Crippen molar-refractivity contribution >= 4 is 39.1 Å². The van der Waals surface area contributed by atoms with Crippen molar-refractivity contribution < 1.29 is 24.9 Å². The van der Waals surface area contributed by atoms with Gasteiger partial charge in [0.1, 0.15) is 6.10 Å². The van der Waals surface area contributed by atoms with Crippen LogP contribution in [0.1, 0.15) is 31.4 Å². The average Bonchev–Trinajstić information content (AvgIpc) is 2.97. The summed E-state index contributed by atoms with van der Waals surface area (Å²) in [6.45, 7) is 3.41. The van der Waals surface area contributed by atoms with Gasteiger partial charge >= 0.3 is 0 Å². The van der Waals surface area contributed by atoms with Crippen LogP contribution in [0, 0.1) is 5.92 Å². The molecule has 1 aliphatic heterocycles. The first-order chi connectivity index (χ1) is 15.2. The van der Waals surface area contributed by atoms with Crippen molar-refractivity contribution in [3.63, 3.8) is 0 Å². The van der Waals surface area contributed by atoms with Crippen molar-refractivity contribution in [3.05, 3.63) is 70.2 Å². The number of halogens is 1. The molecule has 3 atom stereocenters. The zero-order valence-electron chi connectivity index (χ0n) is 18.0. The molecule has 0 aliphatic carbocycles. The number of amides is 2. The fourth-order valence-electron chi connectivity index (χ4n) is 3.71. The number of rotatable bonds is 8. The fourth-order valence-corrected chi connectivity index (χ4v) is 4.07. The topological polar surface area (TPSA) is 110 Å². The van der Waals surface area contributed by atoms with Crippen LogP contribution in [0.3, 0.4) is 0 Å². The number of fused-ring (bicyclic) bond motifs is 1. The number of aliphatic hydroxyl groups is 3. The summed E-state index contributed by atoms with van der Waals surface area (Å²) < 4.78 is 0.758. The van der Waals surface area contributed by atoms with Crippen LogP contribution in [0.15, 0.2) is 59.1 Å². The Morgan fingerprint density at radius 2 is 1.91 bits per heavy atom. The van der Waals surface area contributed by atoms with Crippen LogP contribution in [0.4, 0.5) is 11.4 Å². The molecule has 2 amide bonds. The number of benzene rings is 2. The van der Waals surface area contributed by atoms with Crippen molar-refractivity contribution in [3.8, 4) is 0 Å². The summed E-state index contributed by atoms with van der Waals surface area (Å²) in [6, 6.07) is 12.4. The summed E-state index contributed by atoms with van der Waals surface area (Å²) in [7, 11) is 0. The van der Waals surface area contributed by atoms with E-state index in [2.05, 4.69) is 21.2 Å². The molecule has 4 N–H and O–H groups in total. The smallest absolute Gasteiger partial charge is 0.264 e. The monoisotopic (exact) mass is 502 g/mol. The number of carbonyl (C=O) groups is 2. The van der Waals surface area contributed by atoms with Crippen LogP contribution >= 0.6 is 15.9 Å². The Bertz CT molecular complexity index is 1020. The third kappa shape index (κ3) is 4.78. The third-order valence-electron chi connectivity index (χ3n) is 5.55. The van der Waals surface area contributed by atoms with E-state index in [1.165, 1.54) is 6.92 Å². The van der Waals surface area contributed by atoms with Crippen molar-refractivity contribution in [2.75, 3.05) is 16.8 Å². The van der Waals surface area contributed by atoms with E-state index in [4.69, 9.17) is 5.11 Å². The predicted octanol–water partition coefficient (Wildman–Crippen LogP) is 3.08. The van der Waals surface area contributed by atoms with Crippen LogP contribution in [0.5, 0.6) is 0 Å². The van der Waals surface area contributed by atoms with Gasteiger partial charge in [-0.25, -0.2) is 0 Å². The SMILES string of the molecule is C[C@H](O)C(=O)Nc1ccc(CN2C(=O)[C@](O)([C@H](C)/C=C/CCO)c3cc(Br)ccc32)cc1. The van der Waals surface area contributed by atoms with Gasteiger partial charge in [-0.2, -0.15) is 0 Å². The highest BCUT2D eigenvalue weighted by molar-refractivity contribution is 9.10. The minimum Gasteiger partial charge on any atom is -0.396 e. The first-order valence-electron chi connectivity index (χ1n) is 10.4. The summed E-state index contributed by atoms with van der Waals surface area (Å²) in [6.07, 6.45) is 2.85. The second-order valence-corrected chi connectivity index (χ2v) is 8.83. The van der Waals surface area contributed by atoms with Crippen LogP contribution in [0.2, 0.25) is 0 Å². The van der Waals surface area contributed by atoms with Crippen LogP contribution in [-0.2, 0) is 21.7 Å². The molecular weight excluding hydrogens is 476 g/mol. The Morgan fingerprint density at radius 3 is 2.53 bits per heavy atom. The van der Waals surface area contributed by atoms with E-state index in [1.54, 1.807) is 60.4 Å². The molecule has 32 heavy (non-hydrogen) atoms. The highest BCUT2D eigenvalue weighted by Crippen LogP contribution is 2.46. The maximum absolute atomic E-state index is 13.5. The fraction of sp³-hybridized carbons (Fsp3) is 0.333. The largest absolute Gasteiger partial charge is 0.396 e. The van der Waals surface area contributed by atoms with Gasteiger partial charge < -0.3 is 25.5 Å². The standard InChI is InChI=1S/C24H27BrN2O5/c1-15(5-3-4-12-28)24(32)20-13-18(25)8-11-21(20)27(23(24)31)14-17-6-9-19(10-7-17)26-22(30)16(2)29/h3,5-11,13,15-16,28-29,32H,4,12,14H2,1-2H3,(H,26,30)/b5-3+/t15-,16+,24+/m1/s1. The summed E-state index contributed by atoms with van der Waals surface area (Å²) in [5.74, 6) is -1.42. The summed E-state index contributed by atoms with van der Waals surface area (Å²) in [5, 5.41) is 32.5. The second-order valence-electron chi connectivity index (χ2n) is 7.91. The van der Waals surface area contributed by atoms with E-state index in [-0.39, 0.29) is 13.2 Å². The van der Waals surface area contributed by atoms with Crippen molar-refractivity contribution in [2.45, 2.75) is 38.5 Å². The molecule has 0 saturated carbocycles. The molecule has 0 saturated heterocycles. The van der Waals surface area contributed by atoms with Gasteiger partial charge in [0.25, 0.3) is 11.8 Å². The average molecular weight is 503 g/mol. The number of aliphatic hydroxyl groups excluding tert-OH is 2. The number of nitrogens with zero attached hydrogens (tertiary/aromatic N) is 1. The maximum Gasteiger partial charge on any atom is 0.264 e. The zero-order valence-corrected chi connectivity index (χ0v) is 19.5.